The van der Waals surface area contributed by atoms with Crippen molar-refractivity contribution < 1.29 is 9.53 Å². The fourth-order valence-electron chi connectivity index (χ4n) is 1.42. The normalized spacial score (nSPS) is 12.1. The van der Waals surface area contributed by atoms with Crippen LogP contribution in [-0.2, 0) is 4.79 Å². The summed E-state index contributed by atoms with van der Waals surface area (Å²) < 4.78 is 5.30. The van der Waals surface area contributed by atoms with Crippen LogP contribution >= 0.6 is 0 Å². The van der Waals surface area contributed by atoms with E-state index in [0.717, 1.165) is 0 Å². The van der Waals surface area contributed by atoms with Gasteiger partial charge in [-0.05, 0) is 33.8 Å². The number of nitrogens with zero attached hydrogens (tertiary/aromatic N) is 1. The summed E-state index contributed by atoms with van der Waals surface area (Å²) in [5.74, 6) is 1.14. The Hall–Kier alpha value is -1.78. The fourth-order valence-corrected chi connectivity index (χ4v) is 1.42. The molecule has 0 aromatic carbocycles. The van der Waals surface area contributed by atoms with Crippen molar-refractivity contribution in [3.05, 3.63) is 18.2 Å². The Balaban J connectivity index is 2.60. The van der Waals surface area contributed by atoms with E-state index in [1.54, 1.807) is 13.0 Å². The Labute approximate surface area is 108 Å². The summed E-state index contributed by atoms with van der Waals surface area (Å²) in [5, 5.41) is 5.88. The van der Waals surface area contributed by atoms with Crippen molar-refractivity contribution in [1.29, 1.82) is 0 Å². The molecule has 0 bridgehead atoms. The minimum atomic E-state index is -0.336. The number of hydrogen-bond acceptors (Lipinski definition) is 4. The molecule has 1 amide bonds. The molecule has 0 fully saturated rings. The van der Waals surface area contributed by atoms with Crippen LogP contribution in [0.4, 0.5) is 5.82 Å². The van der Waals surface area contributed by atoms with Gasteiger partial charge in [0.25, 0.3) is 0 Å². The quantitative estimate of drug-likeness (QED) is 0.809. The lowest BCUT2D eigenvalue weighted by atomic mass is 10.2. The zero-order valence-corrected chi connectivity index (χ0v) is 11.4. The van der Waals surface area contributed by atoms with Crippen LogP contribution < -0.4 is 15.4 Å². The van der Waals surface area contributed by atoms with Gasteiger partial charge in [0.1, 0.15) is 11.9 Å². The van der Waals surface area contributed by atoms with E-state index in [0.29, 0.717) is 18.3 Å². The van der Waals surface area contributed by atoms with Gasteiger partial charge in [0, 0.05) is 12.1 Å². The summed E-state index contributed by atoms with van der Waals surface area (Å²) in [6.45, 7) is 8.13. The second kappa shape index (κ2) is 6.83. The third kappa shape index (κ3) is 4.61. The minimum Gasteiger partial charge on any atom is -0.478 e. The van der Waals surface area contributed by atoms with Crippen molar-refractivity contribution >= 4 is 11.7 Å². The number of ether oxygens (including phenoxy) is 1. The Morgan fingerprint density at radius 1 is 1.39 bits per heavy atom. The van der Waals surface area contributed by atoms with E-state index in [4.69, 9.17) is 4.74 Å². The number of pyridine rings is 1. The molecular weight excluding hydrogens is 230 g/mol. The Kier molecular flexibility index (Phi) is 5.42. The maximum atomic E-state index is 11.7. The smallest absolute Gasteiger partial charge is 0.242 e. The Bertz CT molecular complexity index is 394. The summed E-state index contributed by atoms with van der Waals surface area (Å²) in [5.41, 5.74) is 0. The molecule has 2 N–H and O–H groups in total. The zero-order valence-electron chi connectivity index (χ0n) is 11.4. The molecule has 0 aliphatic rings. The van der Waals surface area contributed by atoms with Gasteiger partial charge in [-0.25, -0.2) is 0 Å². The van der Waals surface area contributed by atoms with Gasteiger partial charge in [-0.2, -0.15) is 4.98 Å². The lowest BCUT2D eigenvalue weighted by molar-refractivity contribution is -0.122. The minimum absolute atomic E-state index is 0.0476. The first-order chi connectivity index (χ1) is 8.52. The number of carbonyl (C=O) groups excluding carboxylic acids is 1. The van der Waals surface area contributed by atoms with Crippen LogP contribution in [0.1, 0.15) is 27.7 Å². The highest BCUT2D eigenvalue weighted by atomic mass is 16.5. The molecule has 0 radical (unpaired) electrons. The molecule has 1 atom stereocenters. The van der Waals surface area contributed by atoms with E-state index in [-0.39, 0.29) is 18.0 Å². The van der Waals surface area contributed by atoms with Crippen LogP contribution in [0, 0.1) is 0 Å². The largest absolute Gasteiger partial charge is 0.478 e. The number of aromatic nitrogens is 1. The molecule has 0 aliphatic carbocycles. The predicted octanol–water partition coefficient (Wildman–Crippen LogP) is 1.81. The molecule has 0 aliphatic heterocycles. The van der Waals surface area contributed by atoms with E-state index in [1.807, 2.05) is 32.9 Å². The molecule has 1 heterocycles. The number of carbonyl (C=O) groups is 1. The van der Waals surface area contributed by atoms with Crippen LogP contribution in [0.2, 0.25) is 0 Å². The zero-order chi connectivity index (χ0) is 13.5. The van der Waals surface area contributed by atoms with Crippen LogP contribution in [0.15, 0.2) is 18.2 Å². The summed E-state index contributed by atoms with van der Waals surface area (Å²) in [6, 6.07) is 5.23. The maximum Gasteiger partial charge on any atom is 0.242 e. The average Bonchev–Trinajstić information content (AvgIpc) is 2.29. The van der Waals surface area contributed by atoms with Gasteiger partial charge in [0.05, 0.1) is 6.61 Å². The summed E-state index contributed by atoms with van der Waals surface area (Å²) in [4.78, 5) is 16.0. The van der Waals surface area contributed by atoms with Crippen molar-refractivity contribution in [1.82, 2.24) is 10.3 Å². The van der Waals surface area contributed by atoms with Crippen molar-refractivity contribution in [3.63, 3.8) is 0 Å². The number of hydrogen-bond donors (Lipinski definition) is 2. The molecule has 0 saturated heterocycles. The van der Waals surface area contributed by atoms with Crippen molar-refractivity contribution in [2.75, 3.05) is 11.9 Å². The SMILES string of the molecule is CCOc1cccc(NC(C)C(=O)NC(C)C)n1. The number of rotatable bonds is 6. The van der Waals surface area contributed by atoms with Gasteiger partial charge in [0.15, 0.2) is 0 Å². The molecular formula is C13H21N3O2. The number of nitrogens with one attached hydrogen (secondary N) is 2. The van der Waals surface area contributed by atoms with Crippen LogP contribution in [-0.4, -0.2) is 29.6 Å². The first-order valence-electron chi connectivity index (χ1n) is 6.19. The third-order valence-electron chi connectivity index (χ3n) is 2.20. The Morgan fingerprint density at radius 2 is 2.11 bits per heavy atom. The first kappa shape index (κ1) is 14.3. The van der Waals surface area contributed by atoms with E-state index in [9.17, 15) is 4.79 Å². The molecule has 18 heavy (non-hydrogen) atoms. The van der Waals surface area contributed by atoms with Crippen LogP contribution in [0.5, 0.6) is 5.88 Å². The molecule has 5 nitrogen and oxygen atoms in total. The predicted molar refractivity (Wildman–Crippen MR) is 71.8 cm³/mol. The highest BCUT2D eigenvalue weighted by Crippen LogP contribution is 2.12. The van der Waals surface area contributed by atoms with Gasteiger partial charge in [-0.3, -0.25) is 4.79 Å². The topological polar surface area (TPSA) is 63.2 Å². The van der Waals surface area contributed by atoms with Crippen LogP contribution in [0.25, 0.3) is 0 Å². The van der Waals surface area contributed by atoms with E-state index < -0.39 is 0 Å². The van der Waals surface area contributed by atoms with Gasteiger partial charge in [-0.15, -0.1) is 0 Å². The summed E-state index contributed by atoms with van der Waals surface area (Å²) >= 11 is 0. The highest BCUT2D eigenvalue weighted by Gasteiger charge is 2.13. The standard InChI is InChI=1S/C13H21N3O2/c1-5-18-12-8-6-7-11(16-12)15-10(4)13(17)14-9(2)3/h6-10H,5H2,1-4H3,(H,14,17)(H,15,16). The van der Waals surface area contributed by atoms with Gasteiger partial charge in [-0.1, -0.05) is 6.07 Å². The van der Waals surface area contributed by atoms with Gasteiger partial charge in [0.2, 0.25) is 11.8 Å². The molecule has 0 spiro atoms. The van der Waals surface area contributed by atoms with E-state index >= 15 is 0 Å². The van der Waals surface area contributed by atoms with Gasteiger partial charge >= 0.3 is 0 Å². The molecule has 1 unspecified atom stereocenters. The summed E-state index contributed by atoms with van der Waals surface area (Å²) in [7, 11) is 0. The Morgan fingerprint density at radius 3 is 2.72 bits per heavy atom. The van der Waals surface area contributed by atoms with Gasteiger partial charge < -0.3 is 15.4 Å². The molecule has 5 heteroatoms. The number of anilines is 1. The summed E-state index contributed by atoms with van der Waals surface area (Å²) in [6.07, 6.45) is 0. The highest BCUT2D eigenvalue weighted by molar-refractivity contribution is 5.84. The van der Waals surface area contributed by atoms with E-state index in [1.165, 1.54) is 0 Å². The van der Waals surface area contributed by atoms with Crippen molar-refractivity contribution in [2.24, 2.45) is 0 Å². The van der Waals surface area contributed by atoms with E-state index in [2.05, 4.69) is 15.6 Å². The van der Waals surface area contributed by atoms with Crippen molar-refractivity contribution in [3.8, 4) is 5.88 Å². The maximum absolute atomic E-state index is 11.7. The molecule has 1 aromatic rings. The molecule has 1 rings (SSSR count). The van der Waals surface area contributed by atoms with Crippen LogP contribution in [0.3, 0.4) is 0 Å². The third-order valence-corrected chi connectivity index (χ3v) is 2.20. The van der Waals surface area contributed by atoms with Crippen molar-refractivity contribution in [2.45, 2.75) is 39.8 Å². The first-order valence-corrected chi connectivity index (χ1v) is 6.19. The molecule has 1 aromatic heterocycles. The molecule has 100 valence electrons. The average molecular weight is 251 g/mol. The lowest BCUT2D eigenvalue weighted by Crippen LogP contribution is -2.41. The monoisotopic (exact) mass is 251 g/mol. The number of amides is 1. The fraction of sp³-hybridized carbons (Fsp3) is 0.538. The second-order valence-corrected chi connectivity index (χ2v) is 4.32. The molecule has 0 saturated carbocycles. The second-order valence-electron chi connectivity index (χ2n) is 4.32. The lowest BCUT2D eigenvalue weighted by Gasteiger charge is -2.16.